The first kappa shape index (κ1) is 8.27. The smallest absolute Gasteiger partial charge is 0.184 e. The summed E-state index contributed by atoms with van der Waals surface area (Å²) < 4.78 is 4.88. The third-order valence-corrected chi connectivity index (χ3v) is 1.70. The highest BCUT2D eigenvalue weighted by Gasteiger charge is 2.26. The molecule has 1 aliphatic rings. The van der Waals surface area contributed by atoms with Crippen LogP contribution < -0.4 is 5.32 Å². The van der Waals surface area contributed by atoms with Crippen LogP contribution in [0.2, 0.25) is 0 Å². The van der Waals surface area contributed by atoms with E-state index in [0.717, 1.165) is 0 Å². The Morgan fingerprint density at radius 2 is 2.40 bits per heavy atom. The van der Waals surface area contributed by atoms with Crippen molar-refractivity contribution in [1.82, 2.24) is 5.32 Å². The number of alkyl halides is 2. The Bertz CT molecular complexity index is 134. The van der Waals surface area contributed by atoms with Crippen LogP contribution in [0, 0.1) is 0 Å². The molecule has 10 heavy (non-hydrogen) atoms. The van der Waals surface area contributed by atoms with E-state index in [4.69, 9.17) is 27.9 Å². The number of ketones is 1. The molecule has 1 aliphatic heterocycles. The van der Waals surface area contributed by atoms with Gasteiger partial charge in [-0.2, -0.15) is 0 Å². The molecule has 0 saturated carbocycles. The first-order chi connectivity index (χ1) is 4.72. The van der Waals surface area contributed by atoms with Crippen molar-refractivity contribution in [2.24, 2.45) is 0 Å². The van der Waals surface area contributed by atoms with E-state index in [9.17, 15) is 4.79 Å². The standard InChI is InChI=1S/C5H7Cl2NO2/c6-5(7)4(9)3-1-10-2-8-3/h3,5,8H,1-2H2. The van der Waals surface area contributed by atoms with Crippen molar-refractivity contribution < 1.29 is 9.53 Å². The molecule has 1 atom stereocenters. The number of rotatable bonds is 2. The van der Waals surface area contributed by atoms with Crippen LogP contribution in [0.5, 0.6) is 0 Å². The number of carbonyl (C=O) groups is 1. The lowest BCUT2D eigenvalue weighted by atomic mass is 10.2. The quantitative estimate of drug-likeness (QED) is 0.627. The lowest BCUT2D eigenvalue weighted by molar-refractivity contribution is -0.119. The summed E-state index contributed by atoms with van der Waals surface area (Å²) in [6.45, 7) is 0.770. The van der Waals surface area contributed by atoms with Crippen molar-refractivity contribution in [3.8, 4) is 0 Å². The van der Waals surface area contributed by atoms with Gasteiger partial charge in [-0.05, 0) is 0 Å². The summed E-state index contributed by atoms with van der Waals surface area (Å²) in [5, 5.41) is 2.80. The number of ether oxygens (including phenoxy) is 1. The largest absolute Gasteiger partial charge is 0.364 e. The third kappa shape index (κ3) is 1.83. The molecule has 0 radical (unpaired) electrons. The van der Waals surface area contributed by atoms with Gasteiger partial charge in [0.05, 0.1) is 19.4 Å². The number of hydrogen-bond donors (Lipinski definition) is 1. The summed E-state index contributed by atoms with van der Waals surface area (Å²) in [6.07, 6.45) is 0. The van der Waals surface area contributed by atoms with E-state index >= 15 is 0 Å². The Kier molecular flexibility index (Phi) is 2.92. The van der Waals surface area contributed by atoms with Gasteiger partial charge >= 0.3 is 0 Å². The first-order valence-corrected chi connectivity index (χ1v) is 3.72. The number of halogens is 2. The summed E-state index contributed by atoms with van der Waals surface area (Å²) in [6, 6.07) is -0.319. The number of Topliss-reactive ketones (excluding diaryl/α,β-unsaturated/α-hetero) is 1. The number of carbonyl (C=O) groups excluding carboxylic acids is 1. The molecular weight excluding hydrogens is 177 g/mol. The van der Waals surface area contributed by atoms with Crippen LogP contribution in [0.1, 0.15) is 0 Å². The van der Waals surface area contributed by atoms with Gasteiger partial charge in [0.2, 0.25) is 0 Å². The monoisotopic (exact) mass is 183 g/mol. The van der Waals surface area contributed by atoms with Crippen LogP contribution >= 0.6 is 23.2 Å². The highest BCUT2D eigenvalue weighted by molar-refractivity contribution is 6.54. The Morgan fingerprint density at radius 3 is 2.80 bits per heavy atom. The molecule has 1 N–H and O–H groups in total. The molecule has 1 saturated heterocycles. The lowest BCUT2D eigenvalue weighted by Crippen LogP contribution is -2.36. The zero-order valence-corrected chi connectivity index (χ0v) is 6.65. The summed E-state index contributed by atoms with van der Waals surface area (Å²) >= 11 is 10.7. The average molecular weight is 184 g/mol. The second-order valence-corrected chi connectivity index (χ2v) is 3.07. The lowest BCUT2D eigenvalue weighted by Gasteiger charge is -2.05. The molecule has 0 aromatic heterocycles. The van der Waals surface area contributed by atoms with E-state index in [1.807, 2.05) is 0 Å². The molecular formula is C5H7Cl2NO2. The highest BCUT2D eigenvalue weighted by Crippen LogP contribution is 2.08. The Labute approximate surface area is 68.6 Å². The van der Waals surface area contributed by atoms with Crippen molar-refractivity contribution in [3.05, 3.63) is 0 Å². The fourth-order valence-corrected chi connectivity index (χ4v) is 1.03. The molecule has 0 aromatic rings. The van der Waals surface area contributed by atoms with Crippen LogP contribution in [0.25, 0.3) is 0 Å². The second kappa shape index (κ2) is 3.53. The van der Waals surface area contributed by atoms with E-state index in [0.29, 0.717) is 13.3 Å². The van der Waals surface area contributed by atoms with Crippen LogP contribution in [-0.4, -0.2) is 30.0 Å². The average Bonchev–Trinajstić information content (AvgIpc) is 2.36. The van der Waals surface area contributed by atoms with Crippen molar-refractivity contribution in [2.75, 3.05) is 13.3 Å². The molecule has 0 spiro atoms. The highest BCUT2D eigenvalue weighted by atomic mass is 35.5. The zero-order chi connectivity index (χ0) is 7.56. The molecule has 1 heterocycles. The minimum atomic E-state index is -0.945. The molecule has 1 unspecified atom stereocenters. The van der Waals surface area contributed by atoms with Gasteiger partial charge in [0, 0.05) is 0 Å². The van der Waals surface area contributed by atoms with E-state index in [1.54, 1.807) is 0 Å². The van der Waals surface area contributed by atoms with E-state index in [-0.39, 0.29) is 11.8 Å². The second-order valence-electron chi connectivity index (χ2n) is 1.97. The molecule has 3 nitrogen and oxygen atoms in total. The van der Waals surface area contributed by atoms with Gasteiger partial charge in [0.15, 0.2) is 10.6 Å². The Balaban J connectivity index is 2.40. The molecule has 58 valence electrons. The predicted octanol–water partition coefficient (Wildman–Crippen LogP) is 0.305. The Hall–Kier alpha value is 0.170. The SMILES string of the molecule is O=C(C(Cl)Cl)C1COCN1. The van der Waals surface area contributed by atoms with Gasteiger partial charge in [0.1, 0.15) is 0 Å². The third-order valence-electron chi connectivity index (χ3n) is 1.27. The van der Waals surface area contributed by atoms with Crippen LogP contribution in [0.4, 0.5) is 0 Å². The molecule has 5 heteroatoms. The maximum atomic E-state index is 10.9. The number of hydrogen-bond acceptors (Lipinski definition) is 3. The Morgan fingerprint density at radius 1 is 1.70 bits per heavy atom. The fourth-order valence-electron chi connectivity index (χ4n) is 0.730. The van der Waals surface area contributed by atoms with Gasteiger partial charge in [-0.3, -0.25) is 10.1 Å². The van der Waals surface area contributed by atoms with Gasteiger partial charge in [-0.25, -0.2) is 0 Å². The van der Waals surface area contributed by atoms with Gasteiger partial charge in [0.25, 0.3) is 0 Å². The molecule has 0 aliphatic carbocycles. The van der Waals surface area contributed by atoms with Gasteiger partial charge in [-0.1, -0.05) is 23.2 Å². The van der Waals surface area contributed by atoms with Crippen LogP contribution in [0.3, 0.4) is 0 Å². The molecule has 0 amide bonds. The predicted molar refractivity (Wildman–Crippen MR) is 38.2 cm³/mol. The first-order valence-electron chi connectivity index (χ1n) is 2.85. The summed E-state index contributed by atoms with van der Waals surface area (Å²) in [5.41, 5.74) is 0. The van der Waals surface area contributed by atoms with E-state index in [2.05, 4.69) is 5.32 Å². The summed E-state index contributed by atoms with van der Waals surface area (Å²) in [5.74, 6) is -0.221. The van der Waals surface area contributed by atoms with Crippen molar-refractivity contribution >= 4 is 29.0 Å². The normalized spacial score (nSPS) is 25.7. The maximum absolute atomic E-state index is 10.9. The maximum Gasteiger partial charge on any atom is 0.184 e. The molecule has 0 bridgehead atoms. The van der Waals surface area contributed by atoms with Crippen LogP contribution in [0.15, 0.2) is 0 Å². The molecule has 1 fully saturated rings. The fraction of sp³-hybridized carbons (Fsp3) is 0.800. The van der Waals surface area contributed by atoms with Crippen molar-refractivity contribution in [1.29, 1.82) is 0 Å². The topological polar surface area (TPSA) is 38.3 Å². The summed E-state index contributed by atoms with van der Waals surface area (Å²) in [7, 11) is 0. The van der Waals surface area contributed by atoms with E-state index < -0.39 is 4.84 Å². The minimum Gasteiger partial charge on any atom is -0.364 e. The van der Waals surface area contributed by atoms with Crippen LogP contribution in [-0.2, 0) is 9.53 Å². The molecule has 0 aromatic carbocycles. The summed E-state index contributed by atoms with van der Waals surface area (Å²) in [4.78, 5) is 9.99. The number of nitrogens with one attached hydrogen (secondary N) is 1. The van der Waals surface area contributed by atoms with Crippen molar-refractivity contribution in [3.63, 3.8) is 0 Å². The zero-order valence-electron chi connectivity index (χ0n) is 5.14. The van der Waals surface area contributed by atoms with E-state index in [1.165, 1.54) is 0 Å². The van der Waals surface area contributed by atoms with Crippen molar-refractivity contribution in [2.45, 2.75) is 10.9 Å². The van der Waals surface area contributed by atoms with Gasteiger partial charge < -0.3 is 4.74 Å². The minimum absolute atomic E-state index is 0.221. The van der Waals surface area contributed by atoms with Gasteiger partial charge in [-0.15, -0.1) is 0 Å². The molecule has 1 rings (SSSR count).